The standard InChI is InChI=1S/C14H22O/c1-6-14(5)8-7-12(11(4)15)9-13(14)10(2)3/h6,12-13H,1-2,7-9H2,3-5H3. The van der Waals surface area contributed by atoms with Crippen LogP contribution in [0.25, 0.3) is 0 Å². The van der Waals surface area contributed by atoms with Gasteiger partial charge in [-0.15, -0.1) is 6.58 Å². The van der Waals surface area contributed by atoms with Crippen molar-refractivity contribution in [2.45, 2.75) is 40.0 Å². The largest absolute Gasteiger partial charge is 0.300 e. The number of carbonyl (C=O) groups is 1. The first-order valence-electron chi connectivity index (χ1n) is 5.70. The van der Waals surface area contributed by atoms with Crippen molar-refractivity contribution in [3.05, 3.63) is 24.8 Å². The van der Waals surface area contributed by atoms with E-state index in [2.05, 4.69) is 27.0 Å². The summed E-state index contributed by atoms with van der Waals surface area (Å²) >= 11 is 0. The summed E-state index contributed by atoms with van der Waals surface area (Å²) in [5.41, 5.74) is 1.32. The van der Waals surface area contributed by atoms with Crippen LogP contribution in [0.1, 0.15) is 40.0 Å². The summed E-state index contributed by atoms with van der Waals surface area (Å²) in [7, 11) is 0. The number of ketones is 1. The van der Waals surface area contributed by atoms with E-state index in [1.807, 2.05) is 6.08 Å². The molecule has 1 aliphatic carbocycles. The molecule has 84 valence electrons. The number of rotatable bonds is 3. The third kappa shape index (κ3) is 2.39. The summed E-state index contributed by atoms with van der Waals surface area (Å²) in [5, 5.41) is 0. The van der Waals surface area contributed by atoms with Crippen LogP contribution in [0.2, 0.25) is 0 Å². The van der Waals surface area contributed by atoms with Crippen LogP contribution in [0, 0.1) is 17.3 Å². The molecule has 1 aliphatic rings. The summed E-state index contributed by atoms with van der Waals surface area (Å²) in [5.74, 6) is 0.977. The predicted molar refractivity (Wildman–Crippen MR) is 64.6 cm³/mol. The van der Waals surface area contributed by atoms with Gasteiger partial charge in [0.2, 0.25) is 0 Å². The average Bonchev–Trinajstić information content (AvgIpc) is 2.17. The molecular weight excluding hydrogens is 184 g/mol. The van der Waals surface area contributed by atoms with Gasteiger partial charge in [-0.2, -0.15) is 0 Å². The van der Waals surface area contributed by atoms with Gasteiger partial charge in [0.15, 0.2) is 0 Å². The monoisotopic (exact) mass is 206 g/mol. The SMILES string of the molecule is C=CC1(C)CCC(C(C)=O)CC1C(=C)C. The predicted octanol–water partition coefficient (Wildman–Crippen LogP) is 3.76. The highest BCUT2D eigenvalue weighted by atomic mass is 16.1. The second-order valence-corrected chi connectivity index (χ2v) is 5.19. The van der Waals surface area contributed by atoms with Crippen LogP contribution in [0.4, 0.5) is 0 Å². The maximum atomic E-state index is 11.4. The van der Waals surface area contributed by atoms with Gasteiger partial charge < -0.3 is 0 Å². The quantitative estimate of drug-likeness (QED) is 0.643. The van der Waals surface area contributed by atoms with Crippen LogP contribution in [0.3, 0.4) is 0 Å². The lowest BCUT2D eigenvalue weighted by atomic mass is 9.62. The molecule has 1 nitrogen and oxygen atoms in total. The summed E-state index contributed by atoms with van der Waals surface area (Å²) in [6.07, 6.45) is 5.05. The van der Waals surface area contributed by atoms with Crippen LogP contribution in [-0.2, 0) is 4.79 Å². The van der Waals surface area contributed by atoms with Crippen LogP contribution in [0.5, 0.6) is 0 Å². The van der Waals surface area contributed by atoms with Gasteiger partial charge in [-0.05, 0) is 44.4 Å². The molecule has 0 aromatic carbocycles. The first kappa shape index (κ1) is 12.2. The first-order chi connectivity index (χ1) is 6.90. The first-order valence-corrected chi connectivity index (χ1v) is 5.70. The summed E-state index contributed by atoms with van der Waals surface area (Å²) in [6.45, 7) is 14.0. The van der Waals surface area contributed by atoms with Crippen LogP contribution in [0.15, 0.2) is 24.8 Å². The van der Waals surface area contributed by atoms with E-state index in [-0.39, 0.29) is 11.3 Å². The third-order valence-corrected chi connectivity index (χ3v) is 3.98. The lowest BCUT2D eigenvalue weighted by Crippen LogP contribution is -2.35. The minimum Gasteiger partial charge on any atom is -0.300 e. The lowest BCUT2D eigenvalue weighted by molar-refractivity contribution is -0.122. The Morgan fingerprint density at radius 1 is 1.47 bits per heavy atom. The minimum atomic E-state index is 0.137. The molecule has 0 amide bonds. The van der Waals surface area contributed by atoms with E-state index in [9.17, 15) is 4.79 Å². The van der Waals surface area contributed by atoms with Gasteiger partial charge in [-0.1, -0.05) is 25.2 Å². The molecule has 0 spiro atoms. The van der Waals surface area contributed by atoms with Gasteiger partial charge in [0.1, 0.15) is 5.78 Å². The van der Waals surface area contributed by atoms with E-state index in [1.54, 1.807) is 6.92 Å². The smallest absolute Gasteiger partial charge is 0.132 e. The highest BCUT2D eigenvalue weighted by Crippen LogP contribution is 2.47. The Hall–Kier alpha value is -0.850. The molecule has 0 saturated heterocycles. The number of carbonyl (C=O) groups excluding carboxylic acids is 1. The van der Waals surface area contributed by atoms with E-state index in [4.69, 9.17) is 0 Å². The average molecular weight is 206 g/mol. The number of Topliss-reactive ketones (excluding diaryl/α,β-unsaturated/α-hetero) is 1. The van der Waals surface area contributed by atoms with Crippen LogP contribution >= 0.6 is 0 Å². The van der Waals surface area contributed by atoms with Gasteiger partial charge in [0.25, 0.3) is 0 Å². The lowest BCUT2D eigenvalue weighted by Gasteiger charge is -2.42. The van der Waals surface area contributed by atoms with Gasteiger partial charge in [0, 0.05) is 5.92 Å². The second-order valence-electron chi connectivity index (χ2n) is 5.19. The molecule has 15 heavy (non-hydrogen) atoms. The van der Waals surface area contributed by atoms with E-state index >= 15 is 0 Å². The minimum absolute atomic E-state index is 0.137. The Morgan fingerprint density at radius 2 is 2.07 bits per heavy atom. The fraction of sp³-hybridized carbons (Fsp3) is 0.643. The van der Waals surface area contributed by atoms with Crippen molar-refractivity contribution < 1.29 is 4.79 Å². The fourth-order valence-corrected chi connectivity index (χ4v) is 2.71. The van der Waals surface area contributed by atoms with E-state index in [0.29, 0.717) is 11.7 Å². The molecule has 0 bridgehead atoms. The molecule has 1 saturated carbocycles. The van der Waals surface area contributed by atoms with Crippen LogP contribution in [-0.4, -0.2) is 5.78 Å². The Kier molecular flexibility index (Phi) is 3.54. The van der Waals surface area contributed by atoms with Gasteiger partial charge in [-0.3, -0.25) is 4.79 Å². The van der Waals surface area contributed by atoms with Crippen molar-refractivity contribution in [1.82, 2.24) is 0 Å². The molecule has 3 unspecified atom stereocenters. The molecule has 0 aliphatic heterocycles. The Morgan fingerprint density at radius 3 is 2.47 bits per heavy atom. The highest BCUT2D eigenvalue weighted by molar-refractivity contribution is 5.78. The zero-order valence-electron chi connectivity index (χ0n) is 10.2. The molecule has 0 N–H and O–H groups in total. The summed E-state index contributed by atoms with van der Waals surface area (Å²) in [4.78, 5) is 11.4. The Balaban J connectivity index is 2.88. The topological polar surface area (TPSA) is 17.1 Å². The third-order valence-electron chi connectivity index (χ3n) is 3.98. The molecule has 0 radical (unpaired) electrons. The molecule has 3 atom stereocenters. The zero-order valence-corrected chi connectivity index (χ0v) is 10.2. The second kappa shape index (κ2) is 4.34. The Labute approximate surface area is 93.3 Å². The molecule has 1 heteroatoms. The fourth-order valence-electron chi connectivity index (χ4n) is 2.71. The Bertz CT molecular complexity index is 290. The van der Waals surface area contributed by atoms with E-state index < -0.39 is 0 Å². The van der Waals surface area contributed by atoms with Crippen molar-refractivity contribution in [2.24, 2.45) is 17.3 Å². The molecular formula is C14H22O. The van der Waals surface area contributed by atoms with Crippen molar-refractivity contribution in [3.63, 3.8) is 0 Å². The zero-order chi connectivity index (χ0) is 11.6. The molecule has 1 rings (SSSR count). The number of allylic oxidation sites excluding steroid dienone is 2. The highest BCUT2D eigenvalue weighted by Gasteiger charge is 2.39. The van der Waals surface area contributed by atoms with E-state index in [1.165, 1.54) is 5.57 Å². The van der Waals surface area contributed by atoms with Crippen LogP contribution < -0.4 is 0 Å². The number of hydrogen-bond donors (Lipinski definition) is 0. The van der Waals surface area contributed by atoms with Gasteiger partial charge in [0.05, 0.1) is 0 Å². The van der Waals surface area contributed by atoms with Crippen molar-refractivity contribution in [3.8, 4) is 0 Å². The van der Waals surface area contributed by atoms with Crippen molar-refractivity contribution >= 4 is 5.78 Å². The van der Waals surface area contributed by atoms with Crippen molar-refractivity contribution in [1.29, 1.82) is 0 Å². The number of hydrogen-bond acceptors (Lipinski definition) is 1. The summed E-state index contributed by atoms with van der Waals surface area (Å²) < 4.78 is 0. The van der Waals surface area contributed by atoms with E-state index in [0.717, 1.165) is 19.3 Å². The maximum absolute atomic E-state index is 11.4. The van der Waals surface area contributed by atoms with Gasteiger partial charge >= 0.3 is 0 Å². The molecule has 1 fully saturated rings. The molecule has 0 aromatic heterocycles. The summed E-state index contributed by atoms with van der Waals surface area (Å²) in [6, 6.07) is 0. The molecule has 0 heterocycles. The molecule has 0 aromatic rings. The normalized spacial score (nSPS) is 35.9. The maximum Gasteiger partial charge on any atom is 0.132 e. The van der Waals surface area contributed by atoms with Crippen molar-refractivity contribution in [2.75, 3.05) is 0 Å². The van der Waals surface area contributed by atoms with Gasteiger partial charge in [-0.25, -0.2) is 0 Å².